The second kappa shape index (κ2) is 13.3. The Kier molecular flexibility index (Phi) is 12.3. The van der Waals surface area contributed by atoms with Crippen LogP contribution in [0.15, 0.2) is 0 Å². The third kappa shape index (κ3) is 10.7. The summed E-state index contributed by atoms with van der Waals surface area (Å²) in [5.41, 5.74) is 0. The van der Waals surface area contributed by atoms with E-state index in [4.69, 9.17) is 18.9 Å². The highest BCUT2D eigenvalue weighted by atomic mass is 16.6. The first-order valence-corrected chi connectivity index (χ1v) is 6.72. The van der Waals surface area contributed by atoms with E-state index in [-0.39, 0.29) is 32.9 Å². The van der Waals surface area contributed by atoms with Crippen molar-refractivity contribution in [3.8, 4) is 0 Å². The number of carbonyl (C=O) groups excluding carboxylic acids is 3. The molecule has 0 radical (unpaired) electrons. The van der Waals surface area contributed by atoms with E-state index >= 15 is 0 Å². The smallest absolute Gasteiger partial charge is 0.348 e. The summed E-state index contributed by atoms with van der Waals surface area (Å²) in [6.07, 6.45) is -1.72. The van der Waals surface area contributed by atoms with Crippen LogP contribution in [0.4, 0.5) is 0 Å². The molecule has 0 aliphatic rings. The van der Waals surface area contributed by atoms with Crippen LogP contribution in [0.2, 0.25) is 0 Å². The van der Waals surface area contributed by atoms with Gasteiger partial charge in [0.2, 0.25) is 6.10 Å². The maximum atomic E-state index is 11.6. The minimum atomic E-state index is -1.32. The van der Waals surface area contributed by atoms with Gasteiger partial charge in [0, 0.05) is 13.2 Å². The first-order chi connectivity index (χ1) is 10.2. The van der Waals surface area contributed by atoms with Crippen molar-refractivity contribution in [3.63, 3.8) is 0 Å². The van der Waals surface area contributed by atoms with Crippen molar-refractivity contribution in [2.24, 2.45) is 0 Å². The number of hydrogen-bond donors (Lipinski definition) is 0. The zero-order valence-electron chi connectivity index (χ0n) is 12.4. The van der Waals surface area contributed by atoms with Crippen LogP contribution < -0.4 is 0 Å². The predicted molar refractivity (Wildman–Crippen MR) is 70.5 cm³/mol. The zero-order chi connectivity index (χ0) is 15.9. The molecule has 1 unspecified atom stereocenters. The summed E-state index contributed by atoms with van der Waals surface area (Å²) >= 11 is 0. The van der Waals surface area contributed by atoms with Crippen molar-refractivity contribution in [1.29, 1.82) is 0 Å². The van der Waals surface area contributed by atoms with Crippen LogP contribution in [0.25, 0.3) is 0 Å². The van der Waals surface area contributed by atoms with Gasteiger partial charge in [-0.1, -0.05) is 0 Å². The summed E-state index contributed by atoms with van der Waals surface area (Å²) in [6, 6.07) is 0. The van der Waals surface area contributed by atoms with Gasteiger partial charge in [-0.2, -0.15) is 0 Å². The monoisotopic (exact) mass is 306 g/mol. The number of rotatable bonds is 13. The molecule has 0 aromatic heterocycles. The van der Waals surface area contributed by atoms with Crippen molar-refractivity contribution < 1.29 is 38.1 Å². The molecule has 8 nitrogen and oxygen atoms in total. The highest BCUT2D eigenvalue weighted by Gasteiger charge is 2.25. The predicted octanol–water partition coefficient (Wildman–Crippen LogP) is 0.0775. The molecule has 0 spiro atoms. The van der Waals surface area contributed by atoms with E-state index in [1.54, 1.807) is 6.92 Å². The third-order valence-electron chi connectivity index (χ3n) is 2.21. The van der Waals surface area contributed by atoms with Crippen LogP contribution in [0.5, 0.6) is 0 Å². The van der Waals surface area contributed by atoms with Crippen molar-refractivity contribution in [1.82, 2.24) is 0 Å². The van der Waals surface area contributed by atoms with Crippen molar-refractivity contribution in [2.45, 2.75) is 26.4 Å². The van der Waals surface area contributed by atoms with E-state index in [1.807, 2.05) is 6.92 Å². The van der Waals surface area contributed by atoms with Crippen LogP contribution in [0.1, 0.15) is 20.3 Å². The van der Waals surface area contributed by atoms with E-state index < -0.39 is 24.5 Å². The molecule has 21 heavy (non-hydrogen) atoms. The highest BCUT2D eigenvalue weighted by Crippen LogP contribution is 2.03. The molecule has 1 atom stereocenters. The van der Waals surface area contributed by atoms with Gasteiger partial charge in [-0.3, -0.25) is 9.59 Å². The molecule has 0 fully saturated rings. The Labute approximate surface area is 123 Å². The summed E-state index contributed by atoms with van der Waals surface area (Å²) in [6.45, 7) is 5.30. The van der Waals surface area contributed by atoms with Gasteiger partial charge in [0.15, 0.2) is 0 Å². The van der Waals surface area contributed by atoms with Gasteiger partial charge in [0.1, 0.15) is 13.2 Å². The second-order valence-corrected chi connectivity index (χ2v) is 3.71. The Morgan fingerprint density at radius 1 is 0.952 bits per heavy atom. The lowest BCUT2D eigenvalue weighted by atomic mass is 10.2. The fourth-order valence-corrected chi connectivity index (χ4v) is 1.26. The fraction of sp³-hybridized carbons (Fsp3) is 0.769. The molecule has 0 amide bonds. The molecule has 0 aromatic rings. The van der Waals surface area contributed by atoms with Crippen LogP contribution in [0, 0.1) is 0 Å². The van der Waals surface area contributed by atoms with E-state index in [2.05, 4.69) is 4.74 Å². The maximum absolute atomic E-state index is 11.6. The third-order valence-corrected chi connectivity index (χ3v) is 2.21. The molecule has 0 aliphatic heterocycles. The average Bonchev–Trinajstić information content (AvgIpc) is 2.47. The Balaban J connectivity index is 4.05. The van der Waals surface area contributed by atoms with Crippen LogP contribution in [-0.2, 0) is 38.1 Å². The lowest BCUT2D eigenvalue weighted by Gasteiger charge is -2.14. The highest BCUT2D eigenvalue weighted by molar-refractivity contribution is 5.82. The maximum Gasteiger partial charge on any atom is 0.348 e. The molecule has 8 heteroatoms. The first-order valence-electron chi connectivity index (χ1n) is 6.72. The molecule has 0 N–H and O–H groups in total. The summed E-state index contributed by atoms with van der Waals surface area (Å²) in [7, 11) is 0. The van der Waals surface area contributed by atoms with Crippen LogP contribution in [-0.4, -0.2) is 64.2 Å². The van der Waals surface area contributed by atoms with Gasteiger partial charge in [0.05, 0.1) is 19.6 Å². The normalized spacial score (nSPS) is 11.5. The van der Waals surface area contributed by atoms with E-state index in [1.165, 1.54) is 0 Å². The van der Waals surface area contributed by atoms with Gasteiger partial charge >= 0.3 is 11.9 Å². The van der Waals surface area contributed by atoms with Gasteiger partial charge < -0.3 is 23.7 Å². The second-order valence-electron chi connectivity index (χ2n) is 3.71. The van der Waals surface area contributed by atoms with Crippen LogP contribution >= 0.6 is 0 Å². The fourth-order valence-electron chi connectivity index (χ4n) is 1.26. The molecule has 0 saturated carbocycles. The minimum Gasteiger partial charge on any atom is -0.463 e. The summed E-state index contributed by atoms with van der Waals surface area (Å²) < 4.78 is 24.2. The quantitative estimate of drug-likeness (QED) is 0.204. The summed E-state index contributed by atoms with van der Waals surface area (Å²) in [4.78, 5) is 33.4. The van der Waals surface area contributed by atoms with Crippen molar-refractivity contribution in [2.75, 3.05) is 39.6 Å². The standard InChI is InChI=1S/C13H22O8/c1-3-17-5-7-19-12(15)9-11(21-10-14)13(16)20-8-6-18-4-2/h10-11H,3-9H2,1-2H3. The van der Waals surface area contributed by atoms with Crippen molar-refractivity contribution in [3.05, 3.63) is 0 Å². The van der Waals surface area contributed by atoms with Gasteiger partial charge in [-0.05, 0) is 13.8 Å². The topological polar surface area (TPSA) is 97.4 Å². The molecule has 0 aromatic carbocycles. The SMILES string of the molecule is CCOCCOC(=O)CC(OC=O)C(=O)OCCOCC. The molecule has 0 heterocycles. The number of esters is 2. The molecular weight excluding hydrogens is 284 g/mol. The Hall–Kier alpha value is -1.67. The lowest BCUT2D eigenvalue weighted by molar-refractivity contribution is -0.167. The lowest BCUT2D eigenvalue weighted by Crippen LogP contribution is -2.30. The van der Waals surface area contributed by atoms with E-state index in [0.717, 1.165) is 0 Å². The van der Waals surface area contributed by atoms with Crippen molar-refractivity contribution >= 4 is 18.4 Å². The zero-order valence-corrected chi connectivity index (χ0v) is 12.4. The minimum absolute atomic E-state index is 0.0186. The van der Waals surface area contributed by atoms with E-state index in [0.29, 0.717) is 13.2 Å². The number of carbonyl (C=O) groups is 3. The number of ether oxygens (including phenoxy) is 5. The molecule has 0 bridgehead atoms. The molecule has 0 rings (SSSR count). The Morgan fingerprint density at radius 2 is 1.52 bits per heavy atom. The largest absolute Gasteiger partial charge is 0.463 e. The Bertz CT molecular complexity index is 305. The van der Waals surface area contributed by atoms with Gasteiger partial charge in [-0.15, -0.1) is 0 Å². The molecule has 0 aliphatic carbocycles. The summed E-state index contributed by atoms with van der Waals surface area (Å²) in [5.74, 6) is -1.49. The average molecular weight is 306 g/mol. The first kappa shape index (κ1) is 19.3. The Morgan fingerprint density at radius 3 is 2.05 bits per heavy atom. The van der Waals surface area contributed by atoms with Gasteiger partial charge in [-0.25, -0.2) is 4.79 Å². The van der Waals surface area contributed by atoms with E-state index in [9.17, 15) is 14.4 Å². The molecular formula is C13H22O8. The molecule has 0 saturated heterocycles. The number of hydrogen-bond acceptors (Lipinski definition) is 8. The summed E-state index contributed by atoms with van der Waals surface area (Å²) in [5, 5.41) is 0. The van der Waals surface area contributed by atoms with Gasteiger partial charge in [0.25, 0.3) is 6.47 Å². The van der Waals surface area contributed by atoms with Crippen LogP contribution in [0.3, 0.4) is 0 Å². The molecule has 122 valence electrons.